The van der Waals surface area contributed by atoms with Crippen molar-refractivity contribution in [2.24, 2.45) is 0 Å². The molecule has 0 bridgehead atoms. The Labute approximate surface area is 107 Å². The van der Waals surface area contributed by atoms with Crippen molar-refractivity contribution in [3.05, 3.63) is 34.1 Å². The van der Waals surface area contributed by atoms with E-state index in [-0.39, 0.29) is 18.6 Å². The largest absolute Gasteiger partial charge is 0.394 e. The first-order chi connectivity index (χ1) is 8.11. The second kappa shape index (κ2) is 5.14. The minimum absolute atomic E-state index is 0.0395. The van der Waals surface area contributed by atoms with Crippen LogP contribution in [-0.4, -0.2) is 35.1 Å². The Kier molecular flexibility index (Phi) is 3.79. The summed E-state index contributed by atoms with van der Waals surface area (Å²) >= 11 is 3.16. The van der Waals surface area contributed by atoms with E-state index in [9.17, 15) is 9.18 Å². The van der Waals surface area contributed by atoms with Crippen LogP contribution in [-0.2, 0) is 0 Å². The average Bonchev–Trinajstić information content (AvgIpc) is 2.74. The molecule has 1 aliphatic heterocycles. The van der Waals surface area contributed by atoms with Crippen LogP contribution in [0.25, 0.3) is 0 Å². The molecule has 0 aliphatic carbocycles. The van der Waals surface area contributed by atoms with Crippen molar-refractivity contribution in [3.8, 4) is 0 Å². The van der Waals surface area contributed by atoms with E-state index in [0.717, 1.165) is 12.8 Å². The Hall–Kier alpha value is -0.940. The van der Waals surface area contributed by atoms with Crippen molar-refractivity contribution in [2.45, 2.75) is 18.9 Å². The number of nitrogens with zero attached hydrogens (tertiary/aromatic N) is 1. The lowest BCUT2D eigenvalue weighted by atomic mass is 10.1. The van der Waals surface area contributed by atoms with Crippen molar-refractivity contribution in [3.63, 3.8) is 0 Å². The molecule has 1 fully saturated rings. The summed E-state index contributed by atoms with van der Waals surface area (Å²) in [6.07, 6.45) is 1.69. The first-order valence-corrected chi connectivity index (χ1v) is 6.29. The van der Waals surface area contributed by atoms with Gasteiger partial charge >= 0.3 is 0 Å². The smallest absolute Gasteiger partial charge is 0.254 e. The van der Waals surface area contributed by atoms with E-state index >= 15 is 0 Å². The fraction of sp³-hybridized carbons (Fsp3) is 0.417. The topological polar surface area (TPSA) is 40.5 Å². The van der Waals surface area contributed by atoms with Crippen molar-refractivity contribution in [2.75, 3.05) is 13.2 Å². The summed E-state index contributed by atoms with van der Waals surface area (Å²) < 4.78 is 13.7. The molecule has 1 saturated heterocycles. The molecular weight excluding hydrogens is 289 g/mol. The Morgan fingerprint density at radius 2 is 2.29 bits per heavy atom. The fourth-order valence-corrected chi connectivity index (χ4v) is 2.60. The molecule has 1 atom stereocenters. The molecular formula is C12H13BrFNO2. The Balaban J connectivity index is 2.24. The standard InChI is InChI=1S/C12H13BrFNO2/c13-9-4-8(5-10(14)6-9)12(17)15-3-1-2-11(15)7-16/h4-6,11,16H,1-3,7H2/t11-/m0/s1. The lowest BCUT2D eigenvalue weighted by Gasteiger charge is -2.23. The minimum atomic E-state index is -0.442. The molecule has 0 saturated carbocycles. The highest BCUT2D eigenvalue weighted by Gasteiger charge is 2.28. The van der Waals surface area contributed by atoms with E-state index in [1.165, 1.54) is 12.1 Å². The Morgan fingerprint density at radius 3 is 2.94 bits per heavy atom. The molecule has 0 aromatic heterocycles. The van der Waals surface area contributed by atoms with Gasteiger partial charge in [-0.2, -0.15) is 0 Å². The number of carbonyl (C=O) groups is 1. The molecule has 1 aromatic rings. The van der Waals surface area contributed by atoms with E-state index in [2.05, 4.69) is 15.9 Å². The van der Waals surface area contributed by atoms with Crippen LogP contribution >= 0.6 is 15.9 Å². The van der Waals surface area contributed by atoms with Crippen LogP contribution in [0.2, 0.25) is 0 Å². The zero-order valence-corrected chi connectivity index (χ0v) is 10.8. The number of amides is 1. The number of aliphatic hydroxyl groups excluding tert-OH is 1. The summed E-state index contributed by atoms with van der Waals surface area (Å²) in [6, 6.07) is 3.99. The summed E-state index contributed by atoms with van der Waals surface area (Å²) in [6.45, 7) is 0.584. The maximum Gasteiger partial charge on any atom is 0.254 e. The van der Waals surface area contributed by atoms with E-state index in [0.29, 0.717) is 16.6 Å². The van der Waals surface area contributed by atoms with Gasteiger partial charge in [0, 0.05) is 16.6 Å². The van der Waals surface area contributed by atoms with Gasteiger partial charge in [-0.25, -0.2) is 4.39 Å². The zero-order valence-electron chi connectivity index (χ0n) is 9.20. The van der Waals surface area contributed by atoms with E-state index in [4.69, 9.17) is 5.11 Å². The van der Waals surface area contributed by atoms with Gasteiger partial charge in [0.15, 0.2) is 0 Å². The van der Waals surface area contributed by atoms with Crippen LogP contribution in [0.3, 0.4) is 0 Å². The molecule has 0 radical (unpaired) electrons. The summed E-state index contributed by atoms with van der Waals surface area (Å²) in [5.41, 5.74) is 0.317. The molecule has 0 spiro atoms. The number of rotatable bonds is 2. The van der Waals surface area contributed by atoms with E-state index in [1.54, 1.807) is 11.0 Å². The molecule has 5 heteroatoms. The number of benzene rings is 1. The first kappa shape index (κ1) is 12.5. The normalized spacial score (nSPS) is 19.7. The van der Waals surface area contributed by atoms with E-state index < -0.39 is 5.82 Å². The molecule has 1 aromatic carbocycles. The third-order valence-electron chi connectivity index (χ3n) is 2.96. The SMILES string of the molecule is O=C(c1cc(F)cc(Br)c1)N1CCC[C@H]1CO. The number of carbonyl (C=O) groups excluding carboxylic acids is 1. The highest BCUT2D eigenvalue weighted by molar-refractivity contribution is 9.10. The molecule has 1 N–H and O–H groups in total. The summed E-state index contributed by atoms with van der Waals surface area (Å²) in [5.74, 6) is -0.663. The maximum atomic E-state index is 13.2. The van der Waals surface area contributed by atoms with Gasteiger partial charge < -0.3 is 10.0 Å². The number of hydrogen-bond donors (Lipinski definition) is 1. The predicted octanol–water partition coefficient (Wildman–Crippen LogP) is 2.19. The molecule has 3 nitrogen and oxygen atoms in total. The third-order valence-corrected chi connectivity index (χ3v) is 3.42. The van der Waals surface area contributed by atoms with Gasteiger partial charge in [-0.05, 0) is 31.0 Å². The fourth-order valence-electron chi connectivity index (χ4n) is 2.14. The molecule has 2 rings (SSSR count). The van der Waals surface area contributed by atoms with Crippen LogP contribution in [0.4, 0.5) is 4.39 Å². The molecule has 1 amide bonds. The number of hydrogen-bond acceptors (Lipinski definition) is 2. The molecule has 92 valence electrons. The summed E-state index contributed by atoms with van der Waals surface area (Å²) in [4.78, 5) is 13.8. The van der Waals surface area contributed by atoms with Gasteiger partial charge in [0.05, 0.1) is 12.6 Å². The molecule has 1 heterocycles. The van der Waals surface area contributed by atoms with Gasteiger partial charge in [-0.1, -0.05) is 15.9 Å². The third kappa shape index (κ3) is 2.66. The van der Waals surface area contributed by atoms with Gasteiger partial charge in [0.25, 0.3) is 5.91 Å². The monoisotopic (exact) mass is 301 g/mol. The molecule has 1 aliphatic rings. The van der Waals surface area contributed by atoms with Crippen LogP contribution in [0, 0.1) is 5.82 Å². The van der Waals surface area contributed by atoms with Gasteiger partial charge in [0.1, 0.15) is 5.82 Å². The number of halogens is 2. The second-order valence-electron chi connectivity index (χ2n) is 4.14. The lowest BCUT2D eigenvalue weighted by Crippen LogP contribution is -2.37. The van der Waals surface area contributed by atoms with Crippen molar-refractivity contribution in [1.82, 2.24) is 4.90 Å². The van der Waals surface area contributed by atoms with Crippen molar-refractivity contribution >= 4 is 21.8 Å². The molecule has 0 unspecified atom stereocenters. The van der Waals surface area contributed by atoms with Crippen LogP contribution in [0.1, 0.15) is 23.2 Å². The maximum absolute atomic E-state index is 13.2. The number of likely N-dealkylation sites (tertiary alicyclic amines) is 1. The predicted molar refractivity (Wildman–Crippen MR) is 65.2 cm³/mol. The van der Waals surface area contributed by atoms with Crippen molar-refractivity contribution in [1.29, 1.82) is 0 Å². The highest BCUT2D eigenvalue weighted by Crippen LogP contribution is 2.22. The summed E-state index contributed by atoms with van der Waals surface area (Å²) in [5, 5.41) is 9.16. The first-order valence-electron chi connectivity index (χ1n) is 5.49. The number of aliphatic hydroxyl groups is 1. The zero-order chi connectivity index (χ0) is 12.4. The summed E-state index contributed by atoms with van der Waals surface area (Å²) in [7, 11) is 0. The Bertz CT molecular complexity index is 418. The van der Waals surface area contributed by atoms with Crippen LogP contribution in [0.5, 0.6) is 0 Å². The lowest BCUT2D eigenvalue weighted by molar-refractivity contribution is 0.0677. The van der Waals surface area contributed by atoms with Crippen molar-refractivity contribution < 1.29 is 14.3 Å². The highest BCUT2D eigenvalue weighted by atomic mass is 79.9. The van der Waals surface area contributed by atoms with Gasteiger partial charge in [0.2, 0.25) is 0 Å². The van der Waals surface area contributed by atoms with Gasteiger partial charge in [-0.15, -0.1) is 0 Å². The van der Waals surface area contributed by atoms with E-state index in [1.807, 2.05) is 0 Å². The minimum Gasteiger partial charge on any atom is -0.394 e. The quantitative estimate of drug-likeness (QED) is 0.910. The molecule has 17 heavy (non-hydrogen) atoms. The van der Waals surface area contributed by atoms with Crippen LogP contribution in [0.15, 0.2) is 22.7 Å². The van der Waals surface area contributed by atoms with Crippen LogP contribution < -0.4 is 0 Å². The van der Waals surface area contributed by atoms with Gasteiger partial charge in [-0.3, -0.25) is 4.79 Å². The Morgan fingerprint density at radius 1 is 1.53 bits per heavy atom. The average molecular weight is 302 g/mol. The second-order valence-corrected chi connectivity index (χ2v) is 5.05.